The first-order valence-electron chi connectivity index (χ1n) is 11.5. The molecule has 1 aliphatic rings. The van der Waals surface area contributed by atoms with Gasteiger partial charge in [0, 0.05) is 63.2 Å². The summed E-state index contributed by atoms with van der Waals surface area (Å²) in [6, 6.07) is 13.0. The van der Waals surface area contributed by atoms with Crippen LogP contribution in [0.5, 0.6) is 5.88 Å². The van der Waals surface area contributed by atoms with Crippen molar-refractivity contribution in [3.8, 4) is 17.1 Å². The third kappa shape index (κ3) is 4.99. The molecule has 10 nitrogen and oxygen atoms in total. The molecule has 4 heterocycles. The van der Waals surface area contributed by atoms with E-state index in [1.54, 1.807) is 24.7 Å². The maximum Gasteiger partial charge on any atom is 0.244 e. The molecule has 4 aromatic rings. The average Bonchev–Trinajstić information content (AvgIpc) is 2.92. The van der Waals surface area contributed by atoms with Crippen molar-refractivity contribution in [3.63, 3.8) is 0 Å². The predicted octanol–water partition coefficient (Wildman–Crippen LogP) is 2.62. The Morgan fingerprint density at radius 3 is 2.67 bits per heavy atom. The minimum absolute atomic E-state index is 0.112. The minimum Gasteiger partial charge on any atom is -0.473 e. The van der Waals surface area contributed by atoms with Crippen LogP contribution in [0.15, 0.2) is 72.1 Å². The predicted molar refractivity (Wildman–Crippen MR) is 135 cm³/mol. The lowest BCUT2D eigenvalue weighted by atomic mass is 10.1. The lowest BCUT2D eigenvalue weighted by molar-refractivity contribution is -0.0254. The summed E-state index contributed by atoms with van der Waals surface area (Å²) in [4.78, 5) is 19.7. The molecule has 36 heavy (non-hydrogen) atoms. The fourth-order valence-corrected chi connectivity index (χ4v) is 5.37. The standard InChI is InChI=1S/C25H26N6O4S/c1-30(2)19-7-5-18(6-8-19)22-14-23-24(28-11-10-27-23)25(29-22)35-17-20-16-31(12-13-34-20)36(32,33)21-4-3-9-26-15-21/h3-11,14-15,20H,12-13,16-17H2,1-2H3/t20-/m0/s1. The molecule has 0 N–H and O–H groups in total. The van der Waals surface area contributed by atoms with Crippen molar-refractivity contribution in [2.75, 3.05) is 45.3 Å². The van der Waals surface area contributed by atoms with Crippen molar-refractivity contribution in [2.45, 2.75) is 11.0 Å². The van der Waals surface area contributed by atoms with Crippen molar-refractivity contribution in [1.29, 1.82) is 0 Å². The molecule has 0 radical (unpaired) electrons. The maximum absolute atomic E-state index is 13.0. The second-order valence-corrected chi connectivity index (χ2v) is 10.5. The summed E-state index contributed by atoms with van der Waals surface area (Å²) >= 11 is 0. The Balaban J connectivity index is 1.36. The van der Waals surface area contributed by atoms with Crippen LogP contribution < -0.4 is 9.64 Å². The fourth-order valence-electron chi connectivity index (χ4n) is 3.95. The van der Waals surface area contributed by atoms with Gasteiger partial charge in [0.05, 0.1) is 17.8 Å². The molecule has 0 unspecified atom stereocenters. The number of pyridine rings is 2. The second-order valence-electron chi connectivity index (χ2n) is 8.53. The van der Waals surface area contributed by atoms with Gasteiger partial charge in [0.15, 0.2) is 5.52 Å². The summed E-state index contributed by atoms with van der Waals surface area (Å²) in [7, 11) is 0.304. The van der Waals surface area contributed by atoms with Gasteiger partial charge in [-0.1, -0.05) is 12.1 Å². The van der Waals surface area contributed by atoms with Gasteiger partial charge >= 0.3 is 0 Å². The number of fused-ring (bicyclic) bond motifs is 1. The summed E-state index contributed by atoms with van der Waals surface area (Å²) in [5, 5.41) is 0. The van der Waals surface area contributed by atoms with Crippen molar-refractivity contribution in [3.05, 3.63) is 67.3 Å². The largest absolute Gasteiger partial charge is 0.473 e. The van der Waals surface area contributed by atoms with Gasteiger partial charge in [-0.15, -0.1) is 0 Å². The normalized spacial score (nSPS) is 16.7. The van der Waals surface area contributed by atoms with Crippen LogP contribution in [-0.2, 0) is 14.8 Å². The highest BCUT2D eigenvalue weighted by atomic mass is 32.2. The Labute approximate surface area is 209 Å². The smallest absolute Gasteiger partial charge is 0.244 e. The van der Waals surface area contributed by atoms with Gasteiger partial charge in [-0.25, -0.2) is 18.4 Å². The average molecular weight is 507 g/mol. The van der Waals surface area contributed by atoms with Crippen molar-refractivity contribution >= 4 is 26.7 Å². The Morgan fingerprint density at radius 2 is 1.92 bits per heavy atom. The van der Waals surface area contributed by atoms with Crippen LogP contribution in [0.1, 0.15) is 0 Å². The molecule has 1 atom stereocenters. The SMILES string of the molecule is CN(C)c1ccc(-c2cc3nccnc3c(OC[C@@H]3CN(S(=O)(=O)c4cccnc4)CCO3)n2)cc1. The number of anilines is 1. The Kier molecular flexibility index (Phi) is 6.77. The lowest BCUT2D eigenvalue weighted by Crippen LogP contribution is -2.47. The van der Waals surface area contributed by atoms with Gasteiger partial charge in [-0.05, 0) is 30.3 Å². The molecular formula is C25H26N6O4S. The molecule has 1 aromatic carbocycles. The van der Waals surface area contributed by atoms with E-state index in [9.17, 15) is 8.42 Å². The van der Waals surface area contributed by atoms with E-state index >= 15 is 0 Å². The van der Waals surface area contributed by atoms with Crippen LogP contribution in [0, 0.1) is 0 Å². The molecule has 186 valence electrons. The molecule has 0 spiro atoms. The molecule has 1 aliphatic heterocycles. The van der Waals surface area contributed by atoms with E-state index in [0.717, 1.165) is 11.3 Å². The van der Waals surface area contributed by atoms with Crippen LogP contribution in [0.4, 0.5) is 5.69 Å². The van der Waals surface area contributed by atoms with Gasteiger partial charge in [0.1, 0.15) is 17.6 Å². The van der Waals surface area contributed by atoms with E-state index < -0.39 is 16.1 Å². The zero-order chi connectivity index (χ0) is 25.1. The highest BCUT2D eigenvalue weighted by molar-refractivity contribution is 7.89. The number of hydrogen-bond donors (Lipinski definition) is 0. The van der Waals surface area contributed by atoms with Gasteiger partial charge in [0.25, 0.3) is 0 Å². The number of hydrogen-bond acceptors (Lipinski definition) is 9. The monoisotopic (exact) mass is 506 g/mol. The summed E-state index contributed by atoms with van der Waals surface area (Å²) < 4.78 is 39.3. The second kappa shape index (κ2) is 10.1. The van der Waals surface area contributed by atoms with Crippen LogP contribution in [0.25, 0.3) is 22.3 Å². The minimum atomic E-state index is -3.67. The number of aromatic nitrogens is 4. The third-order valence-electron chi connectivity index (χ3n) is 5.88. The van der Waals surface area contributed by atoms with Crippen LogP contribution in [0.3, 0.4) is 0 Å². The van der Waals surface area contributed by atoms with Crippen LogP contribution >= 0.6 is 0 Å². The third-order valence-corrected chi connectivity index (χ3v) is 7.73. The first-order chi connectivity index (χ1) is 17.4. The van der Waals surface area contributed by atoms with Crippen molar-refractivity contribution in [2.24, 2.45) is 0 Å². The van der Waals surface area contributed by atoms with Crippen LogP contribution in [0.2, 0.25) is 0 Å². The van der Waals surface area contributed by atoms with E-state index in [1.807, 2.05) is 49.3 Å². The van der Waals surface area contributed by atoms with Gasteiger partial charge in [-0.3, -0.25) is 9.97 Å². The van der Waals surface area contributed by atoms with E-state index in [0.29, 0.717) is 22.6 Å². The number of nitrogens with zero attached hydrogens (tertiary/aromatic N) is 6. The summed E-state index contributed by atoms with van der Waals surface area (Å²) in [5.74, 6) is 0.322. The molecule has 1 saturated heterocycles. The molecule has 5 rings (SSSR count). The number of sulfonamides is 1. The number of ether oxygens (including phenoxy) is 2. The molecule has 0 amide bonds. The summed E-state index contributed by atoms with van der Waals surface area (Å²) in [6.07, 6.45) is 5.63. The summed E-state index contributed by atoms with van der Waals surface area (Å²) in [6.45, 7) is 0.797. The molecule has 11 heteroatoms. The quantitative estimate of drug-likeness (QED) is 0.373. The number of morpholine rings is 1. The molecule has 0 aliphatic carbocycles. The molecule has 0 bridgehead atoms. The number of benzene rings is 1. The van der Waals surface area contributed by atoms with Gasteiger partial charge in [-0.2, -0.15) is 4.31 Å². The van der Waals surface area contributed by atoms with Crippen LogP contribution in [-0.4, -0.2) is 79.2 Å². The fraction of sp³-hybridized carbons (Fsp3) is 0.280. The van der Waals surface area contributed by atoms with E-state index in [1.165, 1.54) is 16.6 Å². The van der Waals surface area contributed by atoms with Crippen molar-refractivity contribution < 1.29 is 17.9 Å². The maximum atomic E-state index is 13.0. The molecule has 1 fully saturated rings. The molecule has 0 saturated carbocycles. The first kappa shape index (κ1) is 24.0. The van der Waals surface area contributed by atoms with E-state index in [2.05, 4.69) is 15.0 Å². The highest BCUT2D eigenvalue weighted by Gasteiger charge is 2.31. The van der Waals surface area contributed by atoms with E-state index in [-0.39, 0.29) is 31.2 Å². The highest BCUT2D eigenvalue weighted by Crippen LogP contribution is 2.28. The van der Waals surface area contributed by atoms with Crippen molar-refractivity contribution in [1.82, 2.24) is 24.2 Å². The summed E-state index contributed by atoms with van der Waals surface area (Å²) in [5.41, 5.74) is 3.88. The first-order valence-corrected chi connectivity index (χ1v) is 12.9. The Morgan fingerprint density at radius 1 is 1.11 bits per heavy atom. The topological polar surface area (TPSA) is 111 Å². The van der Waals surface area contributed by atoms with Gasteiger partial charge < -0.3 is 14.4 Å². The molecule has 3 aromatic heterocycles. The Bertz CT molecular complexity index is 1450. The zero-order valence-electron chi connectivity index (χ0n) is 20.0. The lowest BCUT2D eigenvalue weighted by Gasteiger charge is -2.31. The number of rotatable bonds is 7. The van der Waals surface area contributed by atoms with Gasteiger partial charge in [0.2, 0.25) is 15.9 Å². The Hall–Kier alpha value is -3.67. The molecular weight excluding hydrogens is 480 g/mol. The zero-order valence-corrected chi connectivity index (χ0v) is 20.8. The van der Waals surface area contributed by atoms with E-state index in [4.69, 9.17) is 14.5 Å².